The molecule has 15 heavy (non-hydrogen) atoms. The van der Waals surface area contributed by atoms with Crippen LogP contribution in [0.5, 0.6) is 0 Å². The highest BCUT2D eigenvalue weighted by Gasteiger charge is 2.10. The van der Waals surface area contributed by atoms with E-state index in [2.05, 4.69) is 32.0 Å². The Labute approximate surface area is 92.2 Å². The van der Waals surface area contributed by atoms with Crippen molar-refractivity contribution in [1.82, 2.24) is 19.7 Å². The van der Waals surface area contributed by atoms with Crippen LogP contribution in [0.15, 0.2) is 12.4 Å². The van der Waals surface area contributed by atoms with Crippen LogP contribution in [-0.4, -0.2) is 26.3 Å². The van der Waals surface area contributed by atoms with Crippen molar-refractivity contribution in [2.24, 2.45) is 0 Å². The second-order valence-electron chi connectivity index (χ2n) is 2.98. The molecule has 80 valence electrons. The quantitative estimate of drug-likeness (QED) is 0.859. The molecule has 2 aromatic heterocycles. The standard InChI is InChI=1S/C9H13N5S/c1-3-10-9-13-12-8(15-9)7-11-5-6-14(7)4-2/h5-6H,3-4H2,1-2H3,(H,10,13). The fourth-order valence-electron chi connectivity index (χ4n) is 1.30. The first-order chi connectivity index (χ1) is 7.35. The molecule has 0 amide bonds. The fourth-order valence-corrected chi connectivity index (χ4v) is 2.12. The van der Waals surface area contributed by atoms with Crippen molar-refractivity contribution in [3.8, 4) is 10.8 Å². The number of rotatable bonds is 4. The molecule has 0 aliphatic rings. The first kappa shape index (κ1) is 10.1. The van der Waals surface area contributed by atoms with E-state index in [0.717, 1.165) is 29.1 Å². The number of hydrogen-bond acceptors (Lipinski definition) is 5. The van der Waals surface area contributed by atoms with Crippen molar-refractivity contribution in [2.45, 2.75) is 20.4 Å². The van der Waals surface area contributed by atoms with E-state index in [-0.39, 0.29) is 0 Å². The van der Waals surface area contributed by atoms with Crippen LogP contribution < -0.4 is 5.32 Å². The van der Waals surface area contributed by atoms with Gasteiger partial charge >= 0.3 is 0 Å². The maximum atomic E-state index is 4.27. The Kier molecular flexibility index (Phi) is 2.96. The maximum absolute atomic E-state index is 4.27. The third-order valence-corrected chi connectivity index (χ3v) is 2.88. The summed E-state index contributed by atoms with van der Waals surface area (Å²) in [5.41, 5.74) is 0. The normalized spacial score (nSPS) is 10.5. The summed E-state index contributed by atoms with van der Waals surface area (Å²) in [6.45, 7) is 5.87. The van der Waals surface area contributed by atoms with Gasteiger partial charge in [-0.3, -0.25) is 0 Å². The van der Waals surface area contributed by atoms with Gasteiger partial charge in [-0.1, -0.05) is 11.3 Å². The Balaban J connectivity index is 2.28. The van der Waals surface area contributed by atoms with E-state index >= 15 is 0 Å². The summed E-state index contributed by atoms with van der Waals surface area (Å²) < 4.78 is 2.05. The van der Waals surface area contributed by atoms with Crippen LogP contribution in [0.4, 0.5) is 5.13 Å². The van der Waals surface area contributed by atoms with E-state index in [1.54, 1.807) is 6.20 Å². The van der Waals surface area contributed by atoms with Gasteiger partial charge in [0.05, 0.1) is 0 Å². The number of aryl methyl sites for hydroxylation is 1. The maximum Gasteiger partial charge on any atom is 0.206 e. The van der Waals surface area contributed by atoms with Gasteiger partial charge in [0.15, 0.2) is 10.8 Å². The van der Waals surface area contributed by atoms with E-state index in [1.165, 1.54) is 11.3 Å². The number of aromatic nitrogens is 4. The van der Waals surface area contributed by atoms with Gasteiger partial charge in [-0.25, -0.2) is 4.98 Å². The molecule has 0 spiro atoms. The van der Waals surface area contributed by atoms with Crippen LogP contribution in [0.1, 0.15) is 13.8 Å². The van der Waals surface area contributed by atoms with Crippen LogP contribution in [0, 0.1) is 0 Å². The average Bonchev–Trinajstić information content (AvgIpc) is 2.84. The van der Waals surface area contributed by atoms with Gasteiger partial charge in [-0.15, -0.1) is 10.2 Å². The van der Waals surface area contributed by atoms with Gasteiger partial charge in [-0.05, 0) is 13.8 Å². The summed E-state index contributed by atoms with van der Waals surface area (Å²) in [4.78, 5) is 4.27. The lowest BCUT2D eigenvalue weighted by Crippen LogP contribution is -1.95. The summed E-state index contributed by atoms with van der Waals surface area (Å²) in [5, 5.41) is 13.0. The van der Waals surface area contributed by atoms with Gasteiger partial charge in [0, 0.05) is 25.5 Å². The molecule has 0 unspecified atom stereocenters. The SMILES string of the molecule is CCNc1nnc(-c2nccn2CC)s1. The Morgan fingerprint density at radius 1 is 1.40 bits per heavy atom. The predicted molar refractivity (Wildman–Crippen MR) is 61.0 cm³/mol. The molecule has 0 aliphatic heterocycles. The molecular weight excluding hydrogens is 210 g/mol. The van der Waals surface area contributed by atoms with Gasteiger partial charge < -0.3 is 9.88 Å². The predicted octanol–water partition coefficient (Wildman–Crippen LogP) is 1.85. The molecule has 0 bridgehead atoms. The van der Waals surface area contributed by atoms with Crippen molar-refractivity contribution < 1.29 is 0 Å². The molecule has 2 heterocycles. The van der Waals surface area contributed by atoms with Crippen LogP contribution in [0.2, 0.25) is 0 Å². The summed E-state index contributed by atoms with van der Waals surface area (Å²) in [7, 11) is 0. The fraction of sp³-hybridized carbons (Fsp3) is 0.444. The Morgan fingerprint density at radius 2 is 2.27 bits per heavy atom. The van der Waals surface area contributed by atoms with Crippen LogP contribution in [0.3, 0.4) is 0 Å². The summed E-state index contributed by atoms with van der Waals surface area (Å²) in [5.74, 6) is 0.888. The number of anilines is 1. The molecule has 0 aliphatic carbocycles. The molecule has 0 saturated carbocycles. The van der Waals surface area contributed by atoms with Gasteiger partial charge in [0.1, 0.15) is 0 Å². The van der Waals surface area contributed by atoms with Crippen LogP contribution in [0.25, 0.3) is 10.8 Å². The van der Waals surface area contributed by atoms with E-state index in [4.69, 9.17) is 0 Å². The first-order valence-electron chi connectivity index (χ1n) is 4.94. The highest BCUT2D eigenvalue weighted by Crippen LogP contribution is 2.24. The summed E-state index contributed by atoms with van der Waals surface area (Å²) in [6.07, 6.45) is 3.73. The summed E-state index contributed by atoms with van der Waals surface area (Å²) >= 11 is 1.53. The second-order valence-corrected chi connectivity index (χ2v) is 3.96. The van der Waals surface area contributed by atoms with Crippen LogP contribution >= 0.6 is 11.3 Å². The molecule has 5 nitrogen and oxygen atoms in total. The lowest BCUT2D eigenvalue weighted by Gasteiger charge is -1.99. The third kappa shape index (κ3) is 1.99. The van der Waals surface area contributed by atoms with Crippen molar-refractivity contribution in [1.29, 1.82) is 0 Å². The number of hydrogen-bond donors (Lipinski definition) is 1. The van der Waals surface area contributed by atoms with Gasteiger partial charge in [0.25, 0.3) is 0 Å². The molecule has 0 aromatic carbocycles. The molecule has 1 N–H and O–H groups in total. The monoisotopic (exact) mass is 223 g/mol. The number of nitrogens with zero attached hydrogens (tertiary/aromatic N) is 4. The molecule has 0 fully saturated rings. The van der Waals surface area contributed by atoms with Crippen molar-refractivity contribution in [3.05, 3.63) is 12.4 Å². The molecule has 0 atom stereocenters. The zero-order valence-corrected chi connectivity index (χ0v) is 9.58. The molecular formula is C9H13N5S. The highest BCUT2D eigenvalue weighted by atomic mass is 32.1. The molecule has 0 radical (unpaired) electrons. The van der Waals surface area contributed by atoms with E-state index in [9.17, 15) is 0 Å². The van der Waals surface area contributed by atoms with E-state index < -0.39 is 0 Å². The Hall–Kier alpha value is -1.43. The minimum atomic E-state index is 0.846. The minimum absolute atomic E-state index is 0.846. The van der Waals surface area contributed by atoms with Crippen molar-refractivity contribution in [2.75, 3.05) is 11.9 Å². The van der Waals surface area contributed by atoms with Gasteiger partial charge in [0.2, 0.25) is 5.13 Å². The number of imidazole rings is 1. The zero-order valence-electron chi connectivity index (χ0n) is 8.77. The average molecular weight is 223 g/mol. The lowest BCUT2D eigenvalue weighted by molar-refractivity contribution is 0.768. The Bertz CT molecular complexity index is 433. The Morgan fingerprint density at radius 3 is 3.00 bits per heavy atom. The molecule has 6 heteroatoms. The van der Waals surface area contributed by atoms with Crippen molar-refractivity contribution in [3.63, 3.8) is 0 Å². The lowest BCUT2D eigenvalue weighted by atomic mass is 10.6. The highest BCUT2D eigenvalue weighted by molar-refractivity contribution is 7.18. The number of nitrogens with one attached hydrogen (secondary N) is 1. The largest absolute Gasteiger partial charge is 0.360 e. The van der Waals surface area contributed by atoms with Crippen LogP contribution in [-0.2, 0) is 6.54 Å². The zero-order chi connectivity index (χ0) is 10.7. The second kappa shape index (κ2) is 4.39. The van der Waals surface area contributed by atoms with Gasteiger partial charge in [-0.2, -0.15) is 0 Å². The minimum Gasteiger partial charge on any atom is -0.360 e. The first-order valence-corrected chi connectivity index (χ1v) is 5.75. The molecule has 0 saturated heterocycles. The third-order valence-electron chi connectivity index (χ3n) is 2.00. The molecule has 2 aromatic rings. The summed E-state index contributed by atoms with van der Waals surface area (Å²) in [6, 6.07) is 0. The van der Waals surface area contributed by atoms with E-state index in [1.807, 2.05) is 13.1 Å². The smallest absolute Gasteiger partial charge is 0.206 e. The molecule has 2 rings (SSSR count). The van der Waals surface area contributed by atoms with E-state index in [0.29, 0.717) is 0 Å². The topological polar surface area (TPSA) is 55.6 Å². The van der Waals surface area contributed by atoms with Crippen molar-refractivity contribution >= 4 is 16.5 Å².